The van der Waals surface area contributed by atoms with Gasteiger partial charge in [-0.05, 0) is 13.0 Å². The molecule has 2 rings (SSSR count). The second kappa shape index (κ2) is 5.25. The molecule has 0 saturated carbocycles. The number of non-ortho nitro benzene ring substituents is 1. The summed E-state index contributed by atoms with van der Waals surface area (Å²) in [5.41, 5.74) is 0.584. The number of anilines is 1. The number of hydrogen-bond acceptors (Lipinski definition) is 6. The number of piperazine rings is 1. The van der Waals surface area contributed by atoms with Gasteiger partial charge >= 0.3 is 0 Å². The zero-order valence-corrected chi connectivity index (χ0v) is 10.7. The van der Waals surface area contributed by atoms with E-state index in [4.69, 9.17) is 0 Å². The highest BCUT2D eigenvalue weighted by atomic mass is 16.6. The lowest BCUT2D eigenvalue weighted by Gasteiger charge is -2.34. The molecule has 2 amide bonds. The second-order valence-corrected chi connectivity index (χ2v) is 4.44. The number of aliphatic hydroxyl groups excluding tert-OH is 1. The monoisotopic (exact) mass is 279 g/mol. The zero-order valence-electron chi connectivity index (χ0n) is 10.7. The van der Waals surface area contributed by atoms with E-state index in [1.54, 1.807) is 6.92 Å². The van der Waals surface area contributed by atoms with Crippen LogP contribution in [0.1, 0.15) is 12.5 Å². The Kier molecular flexibility index (Phi) is 3.66. The standard InChI is InChI=1S/C12H13N3O5/c1-7-12(18)13-11(17)5-14(7)10-3-2-9(15(19)20)4-8(10)6-16/h2-4,7,16H,5-6H2,1H3,(H,13,17,18). The molecular formula is C12H13N3O5. The van der Waals surface area contributed by atoms with Crippen LogP contribution in [-0.4, -0.2) is 34.4 Å². The average Bonchev–Trinajstić information content (AvgIpc) is 2.42. The molecule has 0 radical (unpaired) electrons. The van der Waals surface area contributed by atoms with Crippen molar-refractivity contribution in [2.45, 2.75) is 19.6 Å². The third kappa shape index (κ3) is 2.45. The number of carbonyl (C=O) groups excluding carboxylic acids is 2. The first kappa shape index (κ1) is 13.9. The molecule has 2 N–H and O–H groups in total. The van der Waals surface area contributed by atoms with E-state index in [-0.39, 0.29) is 12.2 Å². The van der Waals surface area contributed by atoms with E-state index in [9.17, 15) is 24.8 Å². The summed E-state index contributed by atoms with van der Waals surface area (Å²) in [4.78, 5) is 34.7. The van der Waals surface area contributed by atoms with Crippen molar-refractivity contribution >= 4 is 23.2 Å². The Balaban J connectivity index is 2.43. The maximum atomic E-state index is 11.6. The lowest BCUT2D eigenvalue weighted by Crippen LogP contribution is -2.57. The van der Waals surface area contributed by atoms with Crippen LogP contribution in [0.15, 0.2) is 18.2 Å². The molecule has 0 spiro atoms. The topological polar surface area (TPSA) is 113 Å². The molecule has 106 valence electrons. The lowest BCUT2D eigenvalue weighted by atomic mass is 10.1. The Morgan fingerprint density at radius 1 is 1.50 bits per heavy atom. The quantitative estimate of drug-likeness (QED) is 0.455. The molecule has 1 atom stereocenters. The number of amides is 2. The summed E-state index contributed by atoms with van der Waals surface area (Å²) in [6, 6.07) is 3.35. The van der Waals surface area contributed by atoms with Gasteiger partial charge in [-0.2, -0.15) is 0 Å². The highest BCUT2D eigenvalue weighted by molar-refractivity contribution is 6.04. The van der Waals surface area contributed by atoms with Crippen molar-refractivity contribution in [1.82, 2.24) is 5.32 Å². The molecular weight excluding hydrogens is 266 g/mol. The van der Waals surface area contributed by atoms with Gasteiger partial charge in [0.15, 0.2) is 0 Å². The molecule has 1 aromatic carbocycles. The largest absolute Gasteiger partial charge is 0.392 e. The highest BCUT2D eigenvalue weighted by Gasteiger charge is 2.31. The number of benzene rings is 1. The minimum Gasteiger partial charge on any atom is -0.392 e. The van der Waals surface area contributed by atoms with E-state index in [2.05, 4.69) is 5.32 Å². The van der Waals surface area contributed by atoms with Crippen LogP contribution in [0.3, 0.4) is 0 Å². The van der Waals surface area contributed by atoms with Crippen molar-refractivity contribution < 1.29 is 19.6 Å². The van der Waals surface area contributed by atoms with Gasteiger partial charge in [-0.3, -0.25) is 25.0 Å². The van der Waals surface area contributed by atoms with Gasteiger partial charge in [0.05, 0.1) is 18.1 Å². The Hall–Kier alpha value is -2.48. The van der Waals surface area contributed by atoms with Gasteiger partial charge in [0.1, 0.15) is 6.04 Å². The lowest BCUT2D eigenvalue weighted by molar-refractivity contribution is -0.384. The predicted molar refractivity (Wildman–Crippen MR) is 69.0 cm³/mol. The Morgan fingerprint density at radius 3 is 2.80 bits per heavy atom. The third-order valence-electron chi connectivity index (χ3n) is 3.18. The van der Waals surface area contributed by atoms with Crippen LogP contribution in [0.5, 0.6) is 0 Å². The molecule has 1 aliphatic rings. The smallest absolute Gasteiger partial charge is 0.269 e. The predicted octanol–water partition coefficient (Wildman–Crippen LogP) is -0.0616. The van der Waals surface area contributed by atoms with Crippen LogP contribution in [-0.2, 0) is 16.2 Å². The summed E-state index contributed by atoms with van der Waals surface area (Å²) in [6.45, 7) is 1.15. The molecule has 8 nitrogen and oxygen atoms in total. The van der Waals surface area contributed by atoms with Crippen molar-refractivity contribution in [3.8, 4) is 0 Å². The number of nitro groups is 1. The van der Waals surface area contributed by atoms with Crippen molar-refractivity contribution in [3.63, 3.8) is 0 Å². The maximum absolute atomic E-state index is 11.6. The third-order valence-corrected chi connectivity index (χ3v) is 3.18. The maximum Gasteiger partial charge on any atom is 0.269 e. The van der Waals surface area contributed by atoms with E-state index >= 15 is 0 Å². The summed E-state index contributed by atoms with van der Waals surface area (Å²) in [7, 11) is 0. The van der Waals surface area contributed by atoms with Crippen LogP contribution in [0.4, 0.5) is 11.4 Å². The number of nitrogens with one attached hydrogen (secondary N) is 1. The summed E-state index contributed by atoms with van der Waals surface area (Å²) in [5.74, 6) is -0.890. The summed E-state index contributed by atoms with van der Waals surface area (Å²) in [6.07, 6.45) is 0. The number of hydrogen-bond donors (Lipinski definition) is 2. The van der Waals surface area contributed by atoms with Crippen LogP contribution in [0.2, 0.25) is 0 Å². The summed E-state index contributed by atoms with van der Waals surface area (Å²) < 4.78 is 0. The molecule has 20 heavy (non-hydrogen) atoms. The number of nitro benzene ring substituents is 1. The van der Waals surface area contributed by atoms with E-state index in [1.165, 1.54) is 23.1 Å². The number of imide groups is 1. The number of rotatable bonds is 3. The van der Waals surface area contributed by atoms with E-state index in [0.717, 1.165) is 0 Å². The van der Waals surface area contributed by atoms with Crippen LogP contribution in [0.25, 0.3) is 0 Å². The SMILES string of the molecule is CC1C(=O)NC(=O)CN1c1ccc([N+](=O)[O-])cc1CO. The molecule has 0 bridgehead atoms. The molecule has 1 aromatic rings. The van der Waals surface area contributed by atoms with E-state index in [0.29, 0.717) is 11.3 Å². The molecule has 0 aliphatic carbocycles. The first-order valence-corrected chi connectivity index (χ1v) is 5.92. The van der Waals surface area contributed by atoms with Crippen molar-refractivity contribution in [2.24, 2.45) is 0 Å². The summed E-state index contributed by atoms with van der Waals surface area (Å²) >= 11 is 0. The van der Waals surface area contributed by atoms with Crippen LogP contribution < -0.4 is 10.2 Å². The van der Waals surface area contributed by atoms with Crippen molar-refractivity contribution in [3.05, 3.63) is 33.9 Å². The zero-order chi connectivity index (χ0) is 14.9. The van der Waals surface area contributed by atoms with E-state index < -0.39 is 29.4 Å². The van der Waals surface area contributed by atoms with Gasteiger partial charge in [-0.1, -0.05) is 0 Å². The first-order valence-electron chi connectivity index (χ1n) is 5.92. The Morgan fingerprint density at radius 2 is 2.20 bits per heavy atom. The minimum absolute atomic E-state index is 0.0439. The molecule has 1 aliphatic heterocycles. The van der Waals surface area contributed by atoms with E-state index in [1.807, 2.05) is 0 Å². The molecule has 1 heterocycles. The van der Waals surface area contributed by atoms with Gasteiger partial charge in [0, 0.05) is 23.4 Å². The summed E-state index contributed by atoms with van der Waals surface area (Å²) in [5, 5.41) is 22.3. The van der Waals surface area contributed by atoms with Crippen LogP contribution in [0, 0.1) is 10.1 Å². The number of nitrogens with zero attached hydrogens (tertiary/aromatic N) is 2. The van der Waals surface area contributed by atoms with Gasteiger partial charge < -0.3 is 10.0 Å². The fraction of sp³-hybridized carbons (Fsp3) is 0.333. The first-order chi connectivity index (χ1) is 9.43. The average molecular weight is 279 g/mol. The van der Waals surface area contributed by atoms with Gasteiger partial charge in [0.2, 0.25) is 11.8 Å². The molecule has 0 aromatic heterocycles. The minimum atomic E-state index is -0.598. The van der Waals surface area contributed by atoms with Gasteiger partial charge in [-0.15, -0.1) is 0 Å². The second-order valence-electron chi connectivity index (χ2n) is 4.44. The molecule has 1 saturated heterocycles. The highest BCUT2D eigenvalue weighted by Crippen LogP contribution is 2.28. The Labute approximate surface area is 114 Å². The number of carbonyl (C=O) groups is 2. The fourth-order valence-electron chi connectivity index (χ4n) is 2.10. The van der Waals surface area contributed by atoms with Crippen LogP contribution >= 0.6 is 0 Å². The van der Waals surface area contributed by atoms with Crippen molar-refractivity contribution in [2.75, 3.05) is 11.4 Å². The normalized spacial score (nSPS) is 18.9. The molecule has 1 fully saturated rings. The fourth-order valence-corrected chi connectivity index (χ4v) is 2.10. The molecule has 1 unspecified atom stereocenters. The van der Waals surface area contributed by atoms with Gasteiger partial charge in [-0.25, -0.2) is 0 Å². The Bertz CT molecular complexity index is 586. The number of aliphatic hydroxyl groups is 1. The molecule has 8 heteroatoms. The van der Waals surface area contributed by atoms with Crippen molar-refractivity contribution in [1.29, 1.82) is 0 Å². The van der Waals surface area contributed by atoms with Gasteiger partial charge in [0.25, 0.3) is 5.69 Å².